The van der Waals surface area contributed by atoms with E-state index in [2.05, 4.69) is 39.9 Å². The van der Waals surface area contributed by atoms with Gasteiger partial charge < -0.3 is 10.1 Å². The van der Waals surface area contributed by atoms with Crippen molar-refractivity contribution in [3.63, 3.8) is 0 Å². The Morgan fingerprint density at radius 3 is 2.29 bits per heavy atom. The van der Waals surface area contributed by atoms with Crippen molar-refractivity contribution in [3.05, 3.63) is 0 Å². The van der Waals surface area contributed by atoms with Gasteiger partial charge in [-0.2, -0.15) is 0 Å². The molecule has 1 heterocycles. The SMILES string of the molecule is CC(C)C1CNC(C)C(C(C)C)CO1. The van der Waals surface area contributed by atoms with Crippen molar-refractivity contribution in [1.29, 1.82) is 0 Å². The molecule has 0 saturated carbocycles. The van der Waals surface area contributed by atoms with Crippen LogP contribution in [0, 0.1) is 17.8 Å². The summed E-state index contributed by atoms with van der Waals surface area (Å²) in [5, 5.41) is 3.58. The molecular weight excluding hydrogens is 174 g/mol. The number of ether oxygens (including phenoxy) is 1. The van der Waals surface area contributed by atoms with E-state index in [1.165, 1.54) is 0 Å². The molecule has 1 saturated heterocycles. The number of hydrogen-bond donors (Lipinski definition) is 1. The smallest absolute Gasteiger partial charge is 0.0722 e. The maximum absolute atomic E-state index is 5.95. The van der Waals surface area contributed by atoms with Crippen LogP contribution < -0.4 is 5.32 Å². The zero-order valence-corrected chi connectivity index (χ0v) is 10.2. The summed E-state index contributed by atoms with van der Waals surface area (Å²) in [4.78, 5) is 0. The summed E-state index contributed by atoms with van der Waals surface area (Å²) in [5.41, 5.74) is 0. The van der Waals surface area contributed by atoms with E-state index >= 15 is 0 Å². The second kappa shape index (κ2) is 5.13. The number of rotatable bonds is 2. The fraction of sp³-hybridized carbons (Fsp3) is 1.00. The van der Waals surface area contributed by atoms with Crippen LogP contribution in [-0.4, -0.2) is 25.3 Å². The van der Waals surface area contributed by atoms with E-state index in [4.69, 9.17) is 4.74 Å². The van der Waals surface area contributed by atoms with Crippen molar-refractivity contribution in [3.8, 4) is 0 Å². The average molecular weight is 199 g/mol. The Balaban J connectivity index is 2.53. The summed E-state index contributed by atoms with van der Waals surface area (Å²) >= 11 is 0. The van der Waals surface area contributed by atoms with Crippen LogP contribution in [0.4, 0.5) is 0 Å². The zero-order chi connectivity index (χ0) is 10.7. The van der Waals surface area contributed by atoms with E-state index in [1.807, 2.05) is 0 Å². The molecule has 3 atom stereocenters. The molecule has 14 heavy (non-hydrogen) atoms. The van der Waals surface area contributed by atoms with Crippen LogP contribution in [-0.2, 0) is 4.74 Å². The minimum Gasteiger partial charge on any atom is -0.376 e. The monoisotopic (exact) mass is 199 g/mol. The van der Waals surface area contributed by atoms with Gasteiger partial charge in [-0.15, -0.1) is 0 Å². The molecule has 0 spiro atoms. The van der Waals surface area contributed by atoms with Gasteiger partial charge in [0.1, 0.15) is 0 Å². The van der Waals surface area contributed by atoms with Crippen molar-refractivity contribution in [2.24, 2.45) is 17.8 Å². The molecule has 0 amide bonds. The summed E-state index contributed by atoms with van der Waals surface area (Å²) in [5.74, 6) is 1.96. The van der Waals surface area contributed by atoms with Crippen molar-refractivity contribution in [2.45, 2.75) is 46.8 Å². The molecule has 3 unspecified atom stereocenters. The largest absolute Gasteiger partial charge is 0.376 e. The van der Waals surface area contributed by atoms with Gasteiger partial charge in [0.25, 0.3) is 0 Å². The van der Waals surface area contributed by atoms with E-state index in [1.54, 1.807) is 0 Å². The predicted molar refractivity (Wildman–Crippen MR) is 60.4 cm³/mol. The quantitative estimate of drug-likeness (QED) is 0.737. The summed E-state index contributed by atoms with van der Waals surface area (Å²) < 4.78 is 5.95. The van der Waals surface area contributed by atoms with Crippen LogP contribution in [0.2, 0.25) is 0 Å². The van der Waals surface area contributed by atoms with Crippen LogP contribution in [0.1, 0.15) is 34.6 Å². The van der Waals surface area contributed by atoms with E-state index < -0.39 is 0 Å². The van der Waals surface area contributed by atoms with E-state index in [9.17, 15) is 0 Å². The first-order chi connectivity index (χ1) is 6.52. The molecule has 84 valence electrons. The Labute approximate surface area is 88.4 Å². The summed E-state index contributed by atoms with van der Waals surface area (Å²) in [7, 11) is 0. The summed E-state index contributed by atoms with van der Waals surface area (Å²) in [6, 6.07) is 0.582. The molecular formula is C12H25NO. The minimum atomic E-state index is 0.390. The summed E-state index contributed by atoms with van der Waals surface area (Å²) in [6.45, 7) is 13.2. The Morgan fingerprint density at radius 1 is 1.14 bits per heavy atom. The lowest BCUT2D eigenvalue weighted by atomic mass is 9.90. The van der Waals surface area contributed by atoms with Crippen molar-refractivity contribution in [1.82, 2.24) is 5.32 Å². The highest BCUT2D eigenvalue weighted by Gasteiger charge is 2.27. The van der Waals surface area contributed by atoms with Crippen LogP contribution in [0.3, 0.4) is 0 Å². The average Bonchev–Trinajstić information content (AvgIpc) is 2.26. The highest BCUT2D eigenvalue weighted by molar-refractivity contribution is 4.81. The third-order valence-electron chi connectivity index (χ3n) is 3.39. The molecule has 0 bridgehead atoms. The van der Waals surface area contributed by atoms with Gasteiger partial charge in [-0.25, -0.2) is 0 Å². The first kappa shape index (κ1) is 12.0. The van der Waals surface area contributed by atoms with Crippen molar-refractivity contribution >= 4 is 0 Å². The second-order valence-electron chi connectivity index (χ2n) is 5.22. The molecule has 0 aliphatic carbocycles. The fourth-order valence-electron chi connectivity index (χ4n) is 2.09. The third kappa shape index (κ3) is 2.96. The third-order valence-corrected chi connectivity index (χ3v) is 3.39. The molecule has 0 aromatic carbocycles. The lowest BCUT2D eigenvalue weighted by Gasteiger charge is -2.24. The highest BCUT2D eigenvalue weighted by atomic mass is 16.5. The normalized spacial score (nSPS) is 34.9. The minimum absolute atomic E-state index is 0.390. The number of nitrogens with one attached hydrogen (secondary N) is 1. The fourth-order valence-corrected chi connectivity index (χ4v) is 2.09. The van der Waals surface area contributed by atoms with Crippen LogP contribution in [0.25, 0.3) is 0 Å². The molecule has 1 aliphatic heterocycles. The van der Waals surface area contributed by atoms with Gasteiger partial charge in [0, 0.05) is 12.6 Å². The van der Waals surface area contributed by atoms with E-state index in [-0.39, 0.29) is 0 Å². The van der Waals surface area contributed by atoms with Crippen LogP contribution in [0.15, 0.2) is 0 Å². The topological polar surface area (TPSA) is 21.3 Å². The van der Waals surface area contributed by atoms with E-state index in [0.29, 0.717) is 29.9 Å². The molecule has 0 aromatic rings. The van der Waals surface area contributed by atoms with Gasteiger partial charge in [0.05, 0.1) is 12.7 Å². The standard InChI is InChI=1S/C12H25NO/c1-8(2)11-7-14-12(9(3)4)6-13-10(11)5/h8-13H,6-7H2,1-5H3. The maximum atomic E-state index is 5.95. The number of hydrogen-bond acceptors (Lipinski definition) is 2. The Morgan fingerprint density at radius 2 is 1.79 bits per heavy atom. The lowest BCUT2D eigenvalue weighted by molar-refractivity contribution is 0.0116. The molecule has 2 heteroatoms. The second-order valence-corrected chi connectivity index (χ2v) is 5.22. The molecule has 0 radical (unpaired) electrons. The summed E-state index contributed by atoms with van der Waals surface area (Å²) in [6.07, 6.45) is 0.390. The van der Waals surface area contributed by atoms with Gasteiger partial charge in [-0.3, -0.25) is 0 Å². The van der Waals surface area contributed by atoms with Crippen LogP contribution >= 0.6 is 0 Å². The highest BCUT2D eigenvalue weighted by Crippen LogP contribution is 2.21. The van der Waals surface area contributed by atoms with Gasteiger partial charge in [0.15, 0.2) is 0 Å². The zero-order valence-electron chi connectivity index (χ0n) is 10.2. The molecule has 1 N–H and O–H groups in total. The Kier molecular flexibility index (Phi) is 4.39. The van der Waals surface area contributed by atoms with Crippen LogP contribution in [0.5, 0.6) is 0 Å². The van der Waals surface area contributed by atoms with Crippen molar-refractivity contribution in [2.75, 3.05) is 13.2 Å². The van der Waals surface area contributed by atoms with Gasteiger partial charge in [0.2, 0.25) is 0 Å². The van der Waals surface area contributed by atoms with Gasteiger partial charge in [-0.05, 0) is 24.7 Å². The Hall–Kier alpha value is -0.0800. The first-order valence-corrected chi connectivity index (χ1v) is 5.87. The first-order valence-electron chi connectivity index (χ1n) is 5.87. The lowest BCUT2D eigenvalue weighted by Crippen LogP contribution is -2.38. The van der Waals surface area contributed by atoms with Gasteiger partial charge >= 0.3 is 0 Å². The van der Waals surface area contributed by atoms with Crippen molar-refractivity contribution < 1.29 is 4.74 Å². The molecule has 1 fully saturated rings. The predicted octanol–water partition coefficient (Wildman–Crippen LogP) is 2.29. The molecule has 1 rings (SSSR count). The maximum Gasteiger partial charge on any atom is 0.0722 e. The van der Waals surface area contributed by atoms with Gasteiger partial charge in [-0.1, -0.05) is 27.7 Å². The Bertz CT molecular complexity index is 168. The molecule has 0 aromatic heterocycles. The molecule has 2 nitrogen and oxygen atoms in total. The van der Waals surface area contributed by atoms with E-state index in [0.717, 1.165) is 13.2 Å². The molecule has 1 aliphatic rings.